The fraction of sp³-hybridized carbons (Fsp3) is 0.625. The number of ether oxygens (including phenoxy) is 2. The van der Waals surface area contributed by atoms with Crippen molar-refractivity contribution in [2.75, 3.05) is 7.11 Å². The molecule has 2 rings (SSSR count). The summed E-state index contributed by atoms with van der Waals surface area (Å²) >= 11 is 0. The van der Waals surface area contributed by atoms with E-state index in [1.165, 1.54) is 25.7 Å². The molecule has 2 N–H and O–H groups in total. The van der Waals surface area contributed by atoms with Gasteiger partial charge in [0.05, 0.1) is 7.11 Å². The van der Waals surface area contributed by atoms with Crippen LogP contribution in [0, 0.1) is 0 Å². The van der Waals surface area contributed by atoms with E-state index >= 15 is 0 Å². The quantitative estimate of drug-likeness (QED) is 0.794. The Kier molecular flexibility index (Phi) is 5.08. The maximum atomic E-state index is 6.24. The molecule has 0 amide bonds. The summed E-state index contributed by atoms with van der Waals surface area (Å²) in [5, 5.41) is 0. The monoisotopic (exact) mass is 263 g/mol. The summed E-state index contributed by atoms with van der Waals surface area (Å²) in [6, 6.07) is 6.01. The molecule has 0 bridgehead atoms. The third-order valence-electron chi connectivity index (χ3n) is 3.81. The van der Waals surface area contributed by atoms with Gasteiger partial charge in [-0.25, -0.2) is 0 Å². The minimum atomic E-state index is 0.0887. The van der Waals surface area contributed by atoms with Crippen LogP contribution in [-0.2, 0) is 0 Å². The summed E-state index contributed by atoms with van der Waals surface area (Å²) in [5.41, 5.74) is 7.34. The van der Waals surface area contributed by atoms with E-state index in [1.54, 1.807) is 7.11 Å². The van der Waals surface area contributed by atoms with Gasteiger partial charge in [0.15, 0.2) is 0 Å². The van der Waals surface area contributed by atoms with Crippen LogP contribution in [0.3, 0.4) is 0 Å². The molecule has 0 fully saturated rings. The topological polar surface area (TPSA) is 44.5 Å². The third kappa shape index (κ3) is 3.63. The van der Waals surface area contributed by atoms with Crippen LogP contribution in [0.2, 0.25) is 0 Å². The maximum absolute atomic E-state index is 6.24. The summed E-state index contributed by atoms with van der Waals surface area (Å²) < 4.78 is 11.3. The number of rotatable bonds is 6. The van der Waals surface area contributed by atoms with Crippen molar-refractivity contribution in [3.05, 3.63) is 23.8 Å². The third-order valence-corrected chi connectivity index (χ3v) is 3.81. The Balaban J connectivity index is 1.97. The van der Waals surface area contributed by atoms with Crippen molar-refractivity contribution in [1.82, 2.24) is 0 Å². The Morgan fingerprint density at radius 2 is 2.16 bits per heavy atom. The first-order valence-corrected chi connectivity index (χ1v) is 7.34. The molecular formula is C16H25NO2. The van der Waals surface area contributed by atoms with E-state index in [1.807, 2.05) is 18.2 Å². The number of nitrogens with two attached hydrogens (primary N) is 1. The zero-order valence-electron chi connectivity index (χ0n) is 12.0. The summed E-state index contributed by atoms with van der Waals surface area (Å²) in [6.07, 6.45) is 7.37. The second-order valence-corrected chi connectivity index (χ2v) is 5.34. The minimum Gasteiger partial charge on any atom is -0.497 e. The molecule has 1 aromatic rings. The van der Waals surface area contributed by atoms with Gasteiger partial charge in [0.1, 0.15) is 17.6 Å². The van der Waals surface area contributed by atoms with Gasteiger partial charge in [-0.05, 0) is 18.9 Å². The van der Waals surface area contributed by atoms with Crippen LogP contribution in [-0.4, -0.2) is 13.2 Å². The van der Waals surface area contributed by atoms with Crippen LogP contribution in [0.1, 0.15) is 57.1 Å². The standard InChI is InChI=1S/C16H25NO2/c1-3-4-5-6-7-13-10-15(17)14-9-8-12(18-2)11-16(14)19-13/h8-9,11,13,15H,3-7,10,17H2,1-2H3. The molecule has 1 aromatic carbocycles. The summed E-state index contributed by atoms with van der Waals surface area (Å²) in [5.74, 6) is 1.73. The molecule has 2 atom stereocenters. The van der Waals surface area contributed by atoms with Crippen LogP contribution >= 0.6 is 0 Å². The van der Waals surface area contributed by atoms with Gasteiger partial charge in [-0.2, -0.15) is 0 Å². The van der Waals surface area contributed by atoms with Crippen LogP contribution < -0.4 is 15.2 Å². The summed E-state index contributed by atoms with van der Waals surface area (Å²) in [4.78, 5) is 0. The average Bonchev–Trinajstić information content (AvgIpc) is 2.43. The number of benzene rings is 1. The van der Waals surface area contributed by atoms with Crippen molar-refractivity contribution in [3.63, 3.8) is 0 Å². The van der Waals surface area contributed by atoms with E-state index in [0.29, 0.717) is 0 Å². The number of unbranched alkanes of at least 4 members (excludes halogenated alkanes) is 3. The van der Waals surface area contributed by atoms with Gasteiger partial charge in [-0.1, -0.05) is 32.3 Å². The van der Waals surface area contributed by atoms with Crippen molar-refractivity contribution in [1.29, 1.82) is 0 Å². The lowest BCUT2D eigenvalue weighted by Crippen LogP contribution is -2.29. The Morgan fingerprint density at radius 3 is 2.89 bits per heavy atom. The summed E-state index contributed by atoms with van der Waals surface area (Å²) in [7, 11) is 1.67. The van der Waals surface area contributed by atoms with E-state index in [-0.39, 0.29) is 12.1 Å². The van der Waals surface area contributed by atoms with Crippen LogP contribution in [0.25, 0.3) is 0 Å². The summed E-state index contributed by atoms with van der Waals surface area (Å²) in [6.45, 7) is 2.23. The predicted octanol–water partition coefficient (Wildman–Crippen LogP) is 3.82. The lowest BCUT2D eigenvalue weighted by Gasteiger charge is -2.30. The minimum absolute atomic E-state index is 0.0887. The van der Waals surface area contributed by atoms with Crippen molar-refractivity contribution in [2.24, 2.45) is 5.73 Å². The number of fused-ring (bicyclic) bond motifs is 1. The lowest BCUT2D eigenvalue weighted by molar-refractivity contribution is 0.146. The highest BCUT2D eigenvalue weighted by atomic mass is 16.5. The molecular weight excluding hydrogens is 238 g/mol. The largest absolute Gasteiger partial charge is 0.497 e. The zero-order chi connectivity index (χ0) is 13.7. The fourth-order valence-electron chi connectivity index (χ4n) is 2.66. The van der Waals surface area contributed by atoms with Crippen molar-refractivity contribution in [2.45, 2.75) is 57.6 Å². The normalized spacial score (nSPS) is 21.6. The van der Waals surface area contributed by atoms with E-state index in [4.69, 9.17) is 15.2 Å². The van der Waals surface area contributed by atoms with E-state index < -0.39 is 0 Å². The lowest BCUT2D eigenvalue weighted by atomic mass is 9.94. The number of hydrogen-bond donors (Lipinski definition) is 1. The second kappa shape index (κ2) is 6.80. The maximum Gasteiger partial charge on any atom is 0.128 e. The number of methoxy groups -OCH3 is 1. The van der Waals surface area contributed by atoms with Crippen molar-refractivity contribution >= 4 is 0 Å². The molecule has 0 saturated carbocycles. The molecule has 0 radical (unpaired) electrons. The van der Waals surface area contributed by atoms with Gasteiger partial charge in [0, 0.05) is 24.1 Å². The molecule has 1 aliphatic heterocycles. The van der Waals surface area contributed by atoms with Crippen LogP contribution in [0.5, 0.6) is 11.5 Å². The van der Waals surface area contributed by atoms with Crippen LogP contribution in [0.4, 0.5) is 0 Å². The molecule has 2 unspecified atom stereocenters. The molecule has 0 aromatic heterocycles. The highest BCUT2D eigenvalue weighted by Crippen LogP contribution is 2.37. The Morgan fingerprint density at radius 1 is 1.32 bits per heavy atom. The smallest absolute Gasteiger partial charge is 0.128 e. The van der Waals surface area contributed by atoms with Crippen LogP contribution in [0.15, 0.2) is 18.2 Å². The van der Waals surface area contributed by atoms with Crippen molar-refractivity contribution < 1.29 is 9.47 Å². The van der Waals surface area contributed by atoms with Gasteiger partial charge in [-0.3, -0.25) is 0 Å². The van der Waals surface area contributed by atoms with E-state index in [0.717, 1.165) is 29.9 Å². The molecule has 3 nitrogen and oxygen atoms in total. The first-order chi connectivity index (χ1) is 9.24. The predicted molar refractivity (Wildman–Crippen MR) is 77.7 cm³/mol. The molecule has 19 heavy (non-hydrogen) atoms. The van der Waals surface area contributed by atoms with Gasteiger partial charge >= 0.3 is 0 Å². The first-order valence-electron chi connectivity index (χ1n) is 7.34. The highest BCUT2D eigenvalue weighted by molar-refractivity contribution is 5.43. The molecule has 0 aliphatic carbocycles. The van der Waals surface area contributed by atoms with Crippen molar-refractivity contribution in [3.8, 4) is 11.5 Å². The van der Waals surface area contributed by atoms with Gasteiger partial charge in [0.2, 0.25) is 0 Å². The van der Waals surface area contributed by atoms with E-state index in [9.17, 15) is 0 Å². The highest BCUT2D eigenvalue weighted by Gasteiger charge is 2.25. The molecule has 1 heterocycles. The zero-order valence-corrected chi connectivity index (χ0v) is 12.0. The average molecular weight is 263 g/mol. The molecule has 3 heteroatoms. The molecule has 0 saturated heterocycles. The second-order valence-electron chi connectivity index (χ2n) is 5.34. The molecule has 1 aliphatic rings. The van der Waals surface area contributed by atoms with Gasteiger partial charge in [0.25, 0.3) is 0 Å². The fourth-order valence-corrected chi connectivity index (χ4v) is 2.66. The molecule has 106 valence electrons. The SMILES string of the molecule is CCCCCCC1CC(N)c2ccc(OC)cc2O1. The Bertz CT molecular complexity index is 406. The van der Waals surface area contributed by atoms with Gasteiger partial charge in [-0.15, -0.1) is 0 Å². The molecule has 0 spiro atoms. The number of hydrogen-bond acceptors (Lipinski definition) is 3. The Hall–Kier alpha value is -1.22. The Labute approximate surface area is 116 Å². The first kappa shape index (κ1) is 14.2. The van der Waals surface area contributed by atoms with Gasteiger partial charge < -0.3 is 15.2 Å². The van der Waals surface area contributed by atoms with E-state index in [2.05, 4.69) is 6.92 Å².